The Bertz CT molecular complexity index is 759. The Balaban J connectivity index is 2.24. The van der Waals surface area contributed by atoms with Gasteiger partial charge in [0, 0.05) is 11.6 Å². The van der Waals surface area contributed by atoms with Crippen molar-refractivity contribution in [2.75, 3.05) is 0 Å². The Hall–Kier alpha value is -1.91. The summed E-state index contributed by atoms with van der Waals surface area (Å²) in [4.78, 5) is 4.19. The molecule has 0 spiro atoms. The minimum atomic E-state index is -0.764. The van der Waals surface area contributed by atoms with E-state index in [9.17, 15) is 10.2 Å². The van der Waals surface area contributed by atoms with Crippen molar-refractivity contribution in [1.82, 2.24) is 4.98 Å². The van der Waals surface area contributed by atoms with Gasteiger partial charge in [0.15, 0.2) is 5.75 Å². The number of phenols is 1. The average Bonchev–Trinajstić information content (AvgIpc) is 2.51. The molecule has 1 atom stereocenters. The second kappa shape index (κ2) is 5.23. The first-order valence-corrected chi connectivity index (χ1v) is 6.97. The highest BCUT2D eigenvalue weighted by atomic mass is 79.9. The molecule has 1 aromatic heterocycles. The molecule has 0 aliphatic heterocycles. The van der Waals surface area contributed by atoms with Crippen LogP contribution in [0.3, 0.4) is 0 Å². The molecule has 0 aliphatic carbocycles. The van der Waals surface area contributed by atoms with E-state index in [4.69, 9.17) is 0 Å². The summed E-state index contributed by atoms with van der Waals surface area (Å²) in [5, 5.41) is 21.4. The van der Waals surface area contributed by atoms with Crippen molar-refractivity contribution >= 4 is 26.8 Å². The normalized spacial score (nSPS) is 12.5. The van der Waals surface area contributed by atoms with Crippen LogP contribution in [-0.4, -0.2) is 15.2 Å². The molecule has 20 heavy (non-hydrogen) atoms. The second-order valence-electron chi connectivity index (χ2n) is 4.51. The molecule has 1 heterocycles. The first-order valence-electron chi connectivity index (χ1n) is 6.17. The van der Waals surface area contributed by atoms with E-state index in [1.165, 1.54) is 0 Å². The maximum absolute atomic E-state index is 10.6. The summed E-state index contributed by atoms with van der Waals surface area (Å²) in [6, 6.07) is 14.8. The first kappa shape index (κ1) is 13.1. The van der Waals surface area contributed by atoms with Crippen molar-refractivity contribution in [2.24, 2.45) is 0 Å². The highest BCUT2D eigenvalue weighted by molar-refractivity contribution is 9.10. The number of aromatic hydroxyl groups is 1. The van der Waals surface area contributed by atoms with Gasteiger partial charge in [-0.15, -0.1) is 0 Å². The van der Waals surface area contributed by atoms with Gasteiger partial charge in [0.2, 0.25) is 0 Å². The van der Waals surface area contributed by atoms with Gasteiger partial charge in [-0.3, -0.25) is 4.98 Å². The van der Waals surface area contributed by atoms with Gasteiger partial charge >= 0.3 is 0 Å². The highest BCUT2D eigenvalue weighted by Crippen LogP contribution is 2.37. The number of benzene rings is 2. The molecule has 0 radical (unpaired) electrons. The van der Waals surface area contributed by atoms with Gasteiger partial charge in [-0.05, 0) is 39.2 Å². The molecule has 2 aromatic carbocycles. The molecule has 1 unspecified atom stereocenters. The SMILES string of the molecule is Oc1c(Br)cc(C(O)c2ccccc2)c2cccnc12. The predicted octanol–water partition coefficient (Wildman–Crippen LogP) is 3.78. The topological polar surface area (TPSA) is 53.4 Å². The molecule has 0 amide bonds. The van der Waals surface area contributed by atoms with Crippen LogP contribution in [0.2, 0.25) is 0 Å². The molecule has 0 bridgehead atoms. The molecule has 0 aliphatic rings. The molecule has 0 saturated carbocycles. The molecule has 4 heteroatoms. The summed E-state index contributed by atoms with van der Waals surface area (Å²) in [5.74, 6) is 0.0876. The van der Waals surface area contributed by atoms with Crippen molar-refractivity contribution in [3.8, 4) is 5.75 Å². The van der Waals surface area contributed by atoms with Gasteiger partial charge in [-0.1, -0.05) is 36.4 Å². The average molecular weight is 330 g/mol. The molecule has 0 saturated heterocycles. The fourth-order valence-electron chi connectivity index (χ4n) is 2.26. The zero-order valence-corrected chi connectivity index (χ0v) is 12.1. The molecule has 3 aromatic rings. The second-order valence-corrected chi connectivity index (χ2v) is 5.36. The van der Waals surface area contributed by atoms with Gasteiger partial charge in [0.25, 0.3) is 0 Å². The maximum Gasteiger partial charge on any atom is 0.156 e. The van der Waals surface area contributed by atoms with E-state index in [1.807, 2.05) is 36.4 Å². The number of hydrogen-bond donors (Lipinski definition) is 2. The number of phenolic OH excluding ortho intramolecular Hbond substituents is 1. The van der Waals surface area contributed by atoms with Crippen molar-refractivity contribution in [1.29, 1.82) is 0 Å². The Morgan fingerprint density at radius 1 is 1.05 bits per heavy atom. The van der Waals surface area contributed by atoms with E-state index in [0.717, 1.165) is 10.9 Å². The lowest BCUT2D eigenvalue weighted by atomic mass is 9.97. The van der Waals surface area contributed by atoms with Gasteiger partial charge in [-0.2, -0.15) is 0 Å². The molecular weight excluding hydrogens is 318 g/mol. The van der Waals surface area contributed by atoms with Crippen LogP contribution in [0, 0.1) is 0 Å². The quantitative estimate of drug-likeness (QED) is 0.752. The van der Waals surface area contributed by atoms with Crippen LogP contribution in [0.25, 0.3) is 10.9 Å². The fourth-order valence-corrected chi connectivity index (χ4v) is 2.70. The third kappa shape index (κ3) is 2.17. The molecular formula is C16H12BrNO2. The first-order chi connectivity index (χ1) is 9.68. The van der Waals surface area contributed by atoms with E-state index in [1.54, 1.807) is 18.3 Å². The molecule has 2 N–H and O–H groups in total. The lowest BCUT2D eigenvalue weighted by Crippen LogP contribution is -2.01. The number of halogens is 1. The van der Waals surface area contributed by atoms with E-state index < -0.39 is 6.10 Å². The van der Waals surface area contributed by atoms with Crippen LogP contribution in [-0.2, 0) is 0 Å². The largest absolute Gasteiger partial charge is 0.505 e. The monoisotopic (exact) mass is 329 g/mol. The Morgan fingerprint density at radius 2 is 1.80 bits per heavy atom. The third-order valence-electron chi connectivity index (χ3n) is 3.26. The maximum atomic E-state index is 10.6. The Kier molecular flexibility index (Phi) is 3.42. The van der Waals surface area contributed by atoms with Crippen molar-refractivity contribution in [2.45, 2.75) is 6.10 Å². The molecule has 3 rings (SSSR count). The summed E-state index contributed by atoms with van der Waals surface area (Å²) in [7, 11) is 0. The van der Waals surface area contributed by atoms with E-state index in [0.29, 0.717) is 15.6 Å². The highest BCUT2D eigenvalue weighted by Gasteiger charge is 2.17. The van der Waals surface area contributed by atoms with E-state index in [2.05, 4.69) is 20.9 Å². The third-order valence-corrected chi connectivity index (χ3v) is 3.87. The Morgan fingerprint density at radius 3 is 2.55 bits per heavy atom. The molecule has 0 fully saturated rings. The van der Waals surface area contributed by atoms with Gasteiger partial charge in [-0.25, -0.2) is 0 Å². The smallest absolute Gasteiger partial charge is 0.156 e. The fraction of sp³-hybridized carbons (Fsp3) is 0.0625. The number of aliphatic hydroxyl groups excluding tert-OH is 1. The lowest BCUT2D eigenvalue weighted by molar-refractivity contribution is 0.221. The zero-order chi connectivity index (χ0) is 14.1. The van der Waals surface area contributed by atoms with Crippen molar-refractivity contribution in [3.05, 3.63) is 70.3 Å². The standard InChI is InChI=1S/C16H12BrNO2/c17-13-9-12(15(19)10-5-2-1-3-6-10)11-7-4-8-18-14(11)16(13)20/h1-9,15,19-20H. The van der Waals surface area contributed by atoms with Gasteiger partial charge < -0.3 is 10.2 Å². The van der Waals surface area contributed by atoms with Crippen LogP contribution in [0.4, 0.5) is 0 Å². The van der Waals surface area contributed by atoms with Crippen LogP contribution in [0.15, 0.2) is 59.2 Å². The zero-order valence-electron chi connectivity index (χ0n) is 10.5. The lowest BCUT2D eigenvalue weighted by Gasteiger charge is -2.15. The Labute approximate surface area is 124 Å². The van der Waals surface area contributed by atoms with E-state index >= 15 is 0 Å². The van der Waals surface area contributed by atoms with Crippen LogP contribution in [0.5, 0.6) is 5.75 Å². The van der Waals surface area contributed by atoms with Crippen LogP contribution in [0.1, 0.15) is 17.2 Å². The number of fused-ring (bicyclic) bond motifs is 1. The molecule has 100 valence electrons. The summed E-state index contributed by atoms with van der Waals surface area (Å²) in [5.41, 5.74) is 1.99. The summed E-state index contributed by atoms with van der Waals surface area (Å²) in [6.07, 6.45) is 0.854. The van der Waals surface area contributed by atoms with Gasteiger partial charge in [0.1, 0.15) is 11.6 Å². The minimum Gasteiger partial charge on any atom is -0.505 e. The minimum absolute atomic E-state index is 0.0876. The molecule has 3 nitrogen and oxygen atoms in total. The number of aliphatic hydroxyl groups is 1. The summed E-state index contributed by atoms with van der Waals surface area (Å²) < 4.78 is 0.522. The summed E-state index contributed by atoms with van der Waals surface area (Å²) in [6.45, 7) is 0. The van der Waals surface area contributed by atoms with Gasteiger partial charge in [0.05, 0.1) is 4.47 Å². The van der Waals surface area contributed by atoms with Crippen LogP contribution < -0.4 is 0 Å². The number of aromatic nitrogens is 1. The number of nitrogens with zero attached hydrogens (tertiary/aromatic N) is 1. The van der Waals surface area contributed by atoms with Crippen LogP contribution >= 0.6 is 15.9 Å². The number of rotatable bonds is 2. The van der Waals surface area contributed by atoms with Crippen molar-refractivity contribution < 1.29 is 10.2 Å². The predicted molar refractivity (Wildman–Crippen MR) is 81.6 cm³/mol. The van der Waals surface area contributed by atoms with E-state index in [-0.39, 0.29) is 5.75 Å². The number of hydrogen-bond acceptors (Lipinski definition) is 3. The summed E-state index contributed by atoms with van der Waals surface area (Å²) >= 11 is 3.31. The number of pyridine rings is 1. The van der Waals surface area contributed by atoms with Crippen molar-refractivity contribution in [3.63, 3.8) is 0 Å².